The van der Waals surface area contributed by atoms with E-state index in [0.29, 0.717) is 30.0 Å². The summed E-state index contributed by atoms with van der Waals surface area (Å²) < 4.78 is 0. The van der Waals surface area contributed by atoms with E-state index >= 15 is 0 Å². The van der Waals surface area contributed by atoms with Gasteiger partial charge in [-0.2, -0.15) is 0 Å². The number of fused-ring (bicyclic) bond motifs is 2. The number of nitrogens with one attached hydrogen (secondary N) is 1. The van der Waals surface area contributed by atoms with Crippen LogP contribution in [0.25, 0.3) is 0 Å². The quantitative estimate of drug-likeness (QED) is 0.831. The van der Waals surface area contributed by atoms with Crippen molar-refractivity contribution >= 4 is 30.7 Å². The molecule has 3 rings (SSSR count). The molecule has 2 atom stereocenters. The second kappa shape index (κ2) is 9.45. The number of hydrogen-bond donors (Lipinski definition) is 1. The third-order valence-corrected chi connectivity index (χ3v) is 5.98. The van der Waals surface area contributed by atoms with Gasteiger partial charge in [-0.1, -0.05) is 6.92 Å². The average molecular weight is 366 g/mol. The number of nitrogens with zero attached hydrogens (tertiary/aromatic N) is 2. The largest absolute Gasteiger partial charge is 0.343 e. The minimum atomic E-state index is 0. The second-order valence-corrected chi connectivity index (χ2v) is 7.35. The monoisotopic (exact) mass is 365 g/mol. The molecule has 0 aromatic heterocycles. The topological polar surface area (TPSA) is 35.6 Å². The van der Waals surface area contributed by atoms with Crippen LogP contribution in [0.3, 0.4) is 0 Å². The summed E-state index contributed by atoms with van der Waals surface area (Å²) in [5.74, 6) is 1.01. The van der Waals surface area contributed by atoms with E-state index in [-0.39, 0.29) is 24.8 Å². The Morgan fingerprint density at radius 2 is 1.65 bits per heavy atom. The Morgan fingerprint density at radius 1 is 1.09 bits per heavy atom. The minimum Gasteiger partial charge on any atom is -0.343 e. The van der Waals surface area contributed by atoms with Crippen molar-refractivity contribution in [2.75, 3.05) is 26.7 Å². The summed E-state index contributed by atoms with van der Waals surface area (Å²) in [5, 5.41) is 3.67. The lowest BCUT2D eigenvalue weighted by Crippen LogP contribution is -2.46. The zero-order chi connectivity index (χ0) is 14.8. The summed E-state index contributed by atoms with van der Waals surface area (Å²) >= 11 is 0. The van der Waals surface area contributed by atoms with Crippen molar-refractivity contribution in [3.05, 3.63) is 0 Å². The Labute approximate surface area is 153 Å². The molecule has 0 spiro atoms. The molecular formula is C17H33Cl2N3O. The van der Waals surface area contributed by atoms with E-state index in [2.05, 4.69) is 22.0 Å². The average Bonchev–Trinajstić information content (AvgIpc) is 2.85. The Bertz CT molecular complexity index is 363. The van der Waals surface area contributed by atoms with Gasteiger partial charge in [0.15, 0.2) is 0 Å². The third kappa shape index (κ3) is 5.22. The lowest BCUT2D eigenvalue weighted by Gasteiger charge is -2.37. The van der Waals surface area contributed by atoms with Crippen molar-refractivity contribution in [1.29, 1.82) is 0 Å². The van der Waals surface area contributed by atoms with Gasteiger partial charge in [-0.25, -0.2) is 0 Å². The van der Waals surface area contributed by atoms with Crippen molar-refractivity contribution in [3.63, 3.8) is 0 Å². The molecule has 4 nitrogen and oxygen atoms in total. The lowest BCUT2D eigenvalue weighted by molar-refractivity contribution is -0.134. The Kier molecular flexibility index (Phi) is 8.64. The van der Waals surface area contributed by atoms with Crippen LogP contribution in [-0.2, 0) is 4.79 Å². The molecular weight excluding hydrogens is 333 g/mol. The van der Waals surface area contributed by atoms with Crippen molar-refractivity contribution in [3.8, 4) is 0 Å². The fourth-order valence-corrected chi connectivity index (χ4v) is 4.56. The molecule has 6 heteroatoms. The fraction of sp³-hybridized carbons (Fsp3) is 0.941. The molecule has 0 saturated carbocycles. The van der Waals surface area contributed by atoms with Gasteiger partial charge in [0.2, 0.25) is 5.91 Å². The first-order valence-electron chi connectivity index (χ1n) is 8.89. The fourth-order valence-electron chi connectivity index (χ4n) is 4.56. The van der Waals surface area contributed by atoms with Gasteiger partial charge in [0.05, 0.1) is 0 Å². The van der Waals surface area contributed by atoms with E-state index in [1.54, 1.807) is 0 Å². The van der Waals surface area contributed by atoms with Gasteiger partial charge in [-0.05, 0) is 51.0 Å². The molecule has 1 amide bonds. The van der Waals surface area contributed by atoms with E-state index in [4.69, 9.17) is 0 Å². The van der Waals surface area contributed by atoms with Crippen LogP contribution in [0.4, 0.5) is 0 Å². The predicted molar refractivity (Wildman–Crippen MR) is 99.7 cm³/mol. The Hall–Kier alpha value is -0.0300. The van der Waals surface area contributed by atoms with Crippen molar-refractivity contribution in [1.82, 2.24) is 15.1 Å². The molecule has 0 aromatic rings. The highest BCUT2D eigenvalue weighted by atomic mass is 35.5. The van der Waals surface area contributed by atoms with Gasteiger partial charge in [0.1, 0.15) is 0 Å². The maximum absolute atomic E-state index is 12.6. The molecule has 3 aliphatic heterocycles. The molecule has 3 saturated heterocycles. The highest BCUT2D eigenvalue weighted by Crippen LogP contribution is 2.33. The molecule has 136 valence electrons. The second-order valence-electron chi connectivity index (χ2n) is 7.35. The van der Waals surface area contributed by atoms with Crippen LogP contribution in [0.2, 0.25) is 0 Å². The Balaban J connectivity index is 0.00000132. The number of carbonyl (C=O) groups is 1. The summed E-state index contributed by atoms with van der Waals surface area (Å²) in [5.41, 5.74) is 0. The number of rotatable bonds is 4. The van der Waals surface area contributed by atoms with Crippen LogP contribution in [0.5, 0.6) is 0 Å². The molecule has 3 aliphatic rings. The van der Waals surface area contributed by atoms with E-state index < -0.39 is 0 Å². The minimum absolute atomic E-state index is 0. The Morgan fingerprint density at radius 3 is 2.17 bits per heavy atom. The van der Waals surface area contributed by atoms with Crippen molar-refractivity contribution in [2.45, 2.75) is 70.0 Å². The first kappa shape index (κ1) is 21.0. The summed E-state index contributed by atoms with van der Waals surface area (Å²) in [4.78, 5) is 17.1. The van der Waals surface area contributed by atoms with Crippen LogP contribution in [0.1, 0.15) is 51.9 Å². The van der Waals surface area contributed by atoms with E-state index in [1.807, 2.05) is 7.05 Å². The van der Waals surface area contributed by atoms with E-state index in [9.17, 15) is 4.79 Å². The molecule has 3 fully saturated rings. The summed E-state index contributed by atoms with van der Waals surface area (Å²) in [7, 11) is 2.03. The lowest BCUT2D eigenvalue weighted by atomic mass is 9.89. The number of hydrogen-bond acceptors (Lipinski definition) is 3. The number of likely N-dealkylation sites (tertiary alicyclic amines) is 1. The van der Waals surface area contributed by atoms with Crippen LogP contribution < -0.4 is 5.32 Å². The van der Waals surface area contributed by atoms with Gasteiger partial charge < -0.3 is 15.1 Å². The molecule has 2 unspecified atom stereocenters. The molecule has 3 heterocycles. The van der Waals surface area contributed by atoms with Gasteiger partial charge >= 0.3 is 0 Å². The van der Waals surface area contributed by atoms with Crippen LogP contribution >= 0.6 is 24.8 Å². The van der Waals surface area contributed by atoms with Crippen molar-refractivity contribution in [2.24, 2.45) is 5.92 Å². The molecule has 23 heavy (non-hydrogen) atoms. The summed E-state index contributed by atoms with van der Waals surface area (Å²) in [6.45, 7) is 5.66. The van der Waals surface area contributed by atoms with Gasteiger partial charge in [-0.3, -0.25) is 4.79 Å². The molecule has 0 aliphatic carbocycles. The summed E-state index contributed by atoms with van der Waals surface area (Å²) in [6.07, 6.45) is 8.14. The van der Waals surface area contributed by atoms with Gasteiger partial charge in [-0.15, -0.1) is 24.8 Å². The van der Waals surface area contributed by atoms with Crippen molar-refractivity contribution < 1.29 is 4.79 Å². The van der Waals surface area contributed by atoms with E-state index in [0.717, 1.165) is 38.9 Å². The maximum Gasteiger partial charge on any atom is 0.222 e. The van der Waals surface area contributed by atoms with Crippen LogP contribution in [-0.4, -0.2) is 60.5 Å². The van der Waals surface area contributed by atoms with Crippen LogP contribution in [0, 0.1) is 5.92 Å². The summed E-state index contributed by atoms with van der Waals surface area (Å²) in [6, 6.07) is 1.86. The normalized spacial score (nSPS) is 31.1. The van der Waals surface area contributed by atoms with Gasteiger partial charge in [0.25, 0.3) is 0 Å². The molecule has 1 N–H and O–H groups in total. The van der Waals surface area contributed by atoms with Gasteiger partial charge in [0, 0.05) is 44.7 Å². The number of carbonyl (C=O) groups excluding carboxylic acids is 1. The number of amides is 1. The zero-order valence-corrected chi connectivity index (χ0v) is 16.1. The first-order valence-corrected chi connectivity index (χ1v) is 8.89. The number of piperidine rings is 2. The zero-order valence-electron chi connectivity index (χ0n) is 14.5. The predicted octanol–water partition coefficient (Wildman–Crippen LogP) is 2.69. The first-order chi connectivity index (χ1) is 10.2. The highest BCUT2D eigenvalue weighted by molar-refractivity contribution is 5.85. The highest BCUT2D eigenvalue weighted by Gasteiger charge is 2.35. The molecule has 2 bridgehead atoms. The maximum atomic E-state index is 12.6. The molecule has 0 radical (unpaired) electrons. The number of halogens is 2. The van der Waals surface area contributed by atoms with Crippen LogP contribution in [0.15, 0.2) is 0 Å². The SMILES string of the molecule is CCN1CCC(N(C)C(=O)CC2CC3CCC(C2)N3)CC1.Cl.Cl. The smallest absolute Gasteiger partial charge is 0.222 e. The standard InChI is InChI=1S/C17H31N3O.2ClH/c1-3-20-8-6-16(7-9-20)19(2)17(21)12-13-10-14-4-5-15(11-13)18-14;;/h13-16,18H,3-12H2,1-2H3;2*1H. The third-order valence-electron chi connectivity index (χ3n) is 5.98. The molecule has 0 aromatic carbocycles. The van der Waals surface area contributed by atoms with E-state index in [1.165, 1.54) is 25.7 Å².